The zero-order valence-electron chi connectivity index (χ0n) is 9.78. The van der Waals surface area contributed by atoms with Crippen LogP contribution in [-0.2, 0) is 6.42 Å². The van der Waals surface area contributed by atoms with E-state index in [2.05, 4.69) is 42.7 Å². The summed E-state index contributed by atoms with van der Waals surface area (Å²) in [5.74, 6) is 1.81. The third-order valence-electron chi connectivity index (χ3n) is 2.66. The van der Waals surface area contributed by atoms with Crippen LogP contribution < -0.4 is 0 Å². The monoisotopic (exact) mass is 203 g/mol. The van der Waals surface area contributed by atoms with Gasteiger partial charge in [0, 0.05) is 18.1 Å². The Labute approximate surface area is 90.7 Å². The first-order valence-corrected chi connectivity index (χ1v) is 5.51. The van der Waals surface area contributed by atoms with E-state index in [0.717, 1.165) is 23.6 Å². The molecule has 3 nitrogen and oxygen atoms in total. The molecule has 1 aromatic heterocycles. The van der Waals surface area contributed by atoms with E-state index in [4.69, 9.17) is 0 Å². The van der Waals surface area contributed by atoms with Gasteiger partial charge in [-0.1, -0.05) is 27.7 Å². The predicted octanol–water partition coefficient (Wildman–Crippen LogP) is 2.88. The number of hydrogen-bond donors (Lipinski definition) is 0. The molecule has 0 bridgehead atoms. The van der Waals surface area contributed by atoms with Crippen LogP contribution >= 0.6 is 0 Å². The van der Waals surface area contributed by atoms with E-state index in [-0.39, 0.29) is 0 Å². The normalized spacial score (nSPS) is 14.7. The Hall–Kier alpha value is -1.25. The topological polar surface area (TPSA) is 38.1 Å². The quantitative estimate of drug-likeness (QED) is 0.741. The molecule has 0 radical (unpaired) electrons. The van der Waals surface area contributed by atoms with Gasteiger partial charge in [-0.25, -0.2) is 9.97 Å². The van der Waals surface area contributed by atoms with Crippen molar-refractivity contribution in [2.45, 2.75) is 40.0 Å². The van der Waals surface area contributed by atoms with Crippen LogP contribution in [-0.4, -0.2) is 15.7 Å². The molecule has 0 fully saturated rings. The average Bonchev–Trinajstić information content (AvgIpc) is 2.59. The van der Waals surface area contributed by atoms with Gasteiger partial charge >= 0.3 is 0 Å². The summed E-state index contributed by atoms with van der Waals surface area (Å²) in [6, 6.07) is 0. The molecule has 0 spiro atoms. The highest BCUT2D eigenvalue weighted by Crippen LogP contribution is 2.27. The maximum Gasteiger partial charge on any atom is 0.131 e. The van der Waals surface area contributed by atoms with E-state index in [9.17, 15) is 0 Å². The fraction of sp³-hybridized carbons (Fsp3) is 0.583. The molecule has 1 aliphatic rings. The van der Waals surface area contributed by atoms with E-state index in [1.807, 2.05) is 6.20 Å². The first kappa shape index (κ1) is 10.3. The summed E-state index contributed by atoms with van der Waals surface area (Å²) in [6.07, 6.45) is 2.75. The number of fused-ring (bicyclic) bond motifs is 1. The average molecular weight is 203 g/mol. The molecule has 0 atom stereocenters. The molecule has 15 heavy (non-hydrogen) atoms. The molecule has 0 aliphatic carbocycles. The van der Waals surface area contributed by atoms with Crippen LogP contribution in [0.15, 0.2) is 11.2 Å². The molecule has 3 heteroatoms. The summed E-state index contributed by atoms with van der Waals surface area (Å²) in [5, 5.41) is 0. The van der Waals surface area contributed by atoms with Crippen LogP contribution in [0.5, 0.6) is 0 Å². The van der Waals surface area contributed by atoms with Crippen molar-refractivity contribution >= 4 is 11.4 Å². The third kappa shape index (κ3) is 1.91. The predicted molar refractivity (Wildman–Crippen MR) is 61.8 cm³/mol. The molecule has 2 heterocycles. The Balaban J connectivity index is 2.31. The number of aliphatic imine (C=N–C) groups is 1. The van der Waals surface area contributed by atoms with Crippen molar-refractivity contribution in [1.29, 1.82) is 0 Å². The van der Waals surface area contributed by atoms with Gasteiger partial charge in [0.1, 0.15) is 11.5 Å². The molecule has 0 N–H and O–H groups in total. The SMILES string of the molecule is CC(C)C1=Nc2cnc(C(C)C)nc2C1. The smallest absolute Gasteiger partial charge is 0.131 e. The second-order valence-corrected chi connectivity index (χ2v) is 4.65. The van der Waals surface area contributed by atoms with Crippen molar-refractivity contribution in [3.05, 3.63) is 17.7 Å². The highest BCUT2D eigenvalue weighted by atomic mass is 15.0. The standard InChI is InChI=1S/C12H17N3/c1-7(2)9-5-10-11(14-9)6-13-12(15-10)8(3)4/h6-8H,5H2,1-4H3. The van der Waals surface area contributed by atoms with Crippen LogP contribution in [0.2, 0.25) is 0 Å². The van der Waals surface area contributed by atoms with Crippen molar-refractivity contribution in [2.24, 2.45) is 10.9 Å². The zero-order chi connectivity index (χ0) is 11.0. The van der Waals surface area contributed by atoms with Crippen LogP contribution in [0.3, 0.4) is 0 Å². The van der Waals surface area contributed by atoms with Gasteiger partial charge in [0.2, 0.25) is 0 Å². The molecule has 0 saturated carbocycles. The van der Waals surface area contributed by atoms with Crippen molar-refractivity contribution in [2.75, 3.05) is 0 Å². The number of nitrogens with zero attached hydrogens (tertiary/aromatic N) is 3. The van der Waals surface area contributed by atoms with Gasteiger partial charge in [-0.05, 0) is 5.92 Å². The minimum Gasteiger partial charge on any atom is -0.254 e. The van der Waals surface area contributed by atoms with Gasteiger partial charge in [0.05, 0.1) is 11.9 Å². The first-order chi connectivity index (χ1) is 7.08. The first-order valence-electron chi connectivity index (χ1n) is 5.51. The third-order valence-corrected chi connectivity index (χ3v) is 2.66. The molecule has 80 valence electrons. The van der Waals surface area contributed by atoms with Crippen LogP contribution in [0.4, 0.5) is 5.69 Å². The Kier molecular flexibility index (Phi) is 2.55. The van der Waals surface area contributed by atoms with Gasteiger partial charge < -0.3 is 0 Å². The molecule has 2 rings (SSSR count). The summed E-state index contributed by atoms with van der Waals surface area (Å²) in [6.45, 7) is 8.56. The highest BCUT2D eigenvalue weighted by Gasteiger charge is 2.19. The fourth-order valence-corrected chi connectivity index (χ4v) is 1.63. The number of hydrogen-bond acceptors (Lipinski definition) is 3. The second-order valence-electron chi connectivity index (χ2n) is 4.65. The van der Waals surface area contributed by atoms with Gasteiger partial charge in [-0.2, -0.15) is 0 Å². The molecule has 1 aliphatic heterocycles. The lowest BCUT2D eigenvalue weighted by molar-refractivity contribution is 0.765. The van der Waals surface area contributed by atoms with Crippen molar-refractivity contribution in [3.63, 3.8) is 0 Å². The van der Waals surface area contributed by atoms with E-state index >= 15 is 0 Å². The Bertz CT molecular complexity index is 405. The summed E-state index contributed by atoms with van der Waals surface area (Å²) in [5.41, 5.74) is 3.28. The summed E-state index contributed by atoms with van der Waals surface area (Å²) < 4.78 is 0. The van der Waals surface area contributed by atoms with Crippen molar-refractivity contribution in [1.82, 2.24) is 9.97 Å². The second kappa shape index (κ2) is 3.72. The van der Waals surface area contributed by atoms with Gasteiger partial charge in [-0.15, -0.1) is 0 Å². The number of aromatic nitrogens is 2. The minimum atomic E-state index is 0.387. The van der Waals surface area contributed by atoms with Gasteiger partial charge in [0.25, 0.3) is 0 Å². The zero-order valence-corrected chi connectivity index (χ0v) is 9.78. The highest BCUT2D eigenvalue weighted by molar-refractivity contribution is 5.94. The summed E-state index contributed by atoms with van der Waals surface area (Å²) in [7, 11) is 0. The summed E-state index contributed by atoms with van der Waals surface area (Å²) >= 11 is 0. The molecular formula is C12H17N3. The fourth-order valence-electron chi connectivity index (χ4n) is 1.63. The lowest BCUT2D eigenvalue weighted by atomic mass is 10.1. The van der Waals surface area contributed by atoms with E-state index in [1.54, 1.807) is 0 Å². The van der Waals surface area contributed by atoms with Gasteiger partial charge in [0.15, 0.2) is 0 Å². The van der Waals surface area contributed by atoms with Gasteiger partial charge in [-0.3, -0.25) is 4.99 Å². The molecular weight excluding hydrogens is 186 g/mol. The van der Waals surface area contributed by atoms with Crippen LogP contribution in [0.1, 0.15) is 45.1 Å². The maximum atomic E-state index is 4.56. The molecule has 0 aromatic carbocycles. The van der Waals surface area contributed by atoms with Crippen molar-refractivity contribution in [3.8, 4) is 0 Å². The Morgan fingerprint density at radius 2 is 1.87 bits per heavy atom. The lowest BCUT2D eigenvalue weighted by Crippen LogP contribution is -2.08. The minimum absolute atomic E-state index is 0.387. The van der Waals surface area contributed by atoms with E-state index < -0.39 is 0 Å². The molecule has 0 saturated heterocycles. The molecule has 1 aromatic rings. The molecule has 0 unspecified atom stereocenters. The van der Waals surface area contributed by atoms with Crippen LogP contribution in [0, 0.1) is 5.92 Å². The Morgan fingerprint density at radius 1 is 1.13 bits per heavy atom. The largest absolute Gasteiger partial charge is 0.254 e. The lowest BCUT2D eigenvalue weighted by Gasteiger charge is -2.04. The van der Waals surface area contributed by atoms with E-state index in [0.29, 0.717) is 11.8 Å². The molecule has 0 amide bonds. The van der Waals surface area contributed by atoms with Crippen molar-refractivity contribution < 1.29 is 0 Å². The van der Waals surface area contributed by atoms with Crippen LogP contribution in [0.25, 0.3) is 0 Å². The summed E-state index contributed by atoms with van der Waals surface area (Å²) in [4.78, 5) is 13.4. The Morgan fingerprint density at radius 3 is 2.47 bits per heavy atom. The van der Waals surface area contributed by atoms with E-state index in [1.165, 1.54) is 5.71 Å². The maximum absolute atomic E-state index is 4.56. The number of rotatable bonds is 2.